The summed E-state index contributed by atoms with van der Waals surface area (Å²) >= 11 is 0. The van der Waals surface area contributed by atoms with Gasteiger partial charge >= 0.3 is 5.97 Å². The van der Waals surface area contributed by atoms with Crippen molar-refractivity contribution >= 4 is 5.97 Å². The summed E-state index contributed by atoms with van der Waals surface area (Å²) in [5, 5.41) is 12.5. The largest absolute Gasteiger partial charge is 0.481 e. The van der Waals surface area contributed by atoms with E-state index in [1.807, 2.05) is 24.3 Å². The summed E-state index contributed by atoms with van der Waals surface area (Å²) in [6.45, 7) is 5.95. The predicted octanol–water partition coefficient (Wildman–Crippen LogP) is 3.54. The monoisotopic (exact) mass is 275 g/mol. The Kier molecular flexibility index (Phi) is 4.81. The number of carbonyl (C=O) groups is 1. The van der Waals surface area contributed by atoms with Crippen molar-refractivity contribution < 1.29 is 9.90 Å². The minimum Gasteiger partial charge on any atom is -0.481 e. The van der Waals surface area contributed by atoms with E-state index in [1.165, 1.54) is 31.2 Å². The second-order valence-electron chi connectivity index (χ2n) is 6.16. The van der Waals surface area contributed by atoms with Crippen LogP contribution in [0.25, 0.3) is 0 Å². The van der Waals surface area contributed by atoms with Gasteiger partial charge in [-0.2, -0.15) is 0 Å². The lowest BCUT2D eigenvalue weighted by molar-refractivity contribution is -0.138. The van der Waals surface area contributed by atoms with Gasteiger partial charge in [0.15, 0.2) is 0 Å². The van der Waals surface area contributed by atoms with Crippen LogP contribution in [0, 0.1) is 5.41 Å². The Morgan fingerprint density at radius 3 is 2.50 bits per heavy atom. The van der Waals surface area contributed by atoms with E-state index in [9.17, 15) is 4.79 Å². The molecule has 1 aliphatic rings. The number of carboxylic acid groups (broad SMARTS) is 1. The molecule has 110 valence electrons. The van der Waals surface area contributed by atoms with E-state index in [4.69, 9.17) is 5.11 Å². The minimum atomic E-state index is -0.772. The van der Waals surface area contributed by atoms with Crippen LogP contribution in [0.5, 0.6) is 0 Å². The third-order valence-electron chi connectivity index (χ3n) is 4.42. The van der Waals surface area contributed by atoms with Crippen LogP contribution in [0.1, 0.15) is 56.6 Å². The first kappa shape index (κ1) is 15.0. The summed E-state index contributed by atoms with van der Waals surface area (Å²) in [7, 11) is 0. The van der Waals surface area contributed by atoms with Crippen molar-refractivity contribution in [2.24, 2.45) is 5.41 Å². The standard InChI is InChI=1S/C17H25NO2/c1-3-8-17(9-10-17)12-18-11-14-4-6-15(7-5-14)13(2)16(19)20/h4-7,13,18H,3,8-12H2,1-2H3,(H,19,20). The van der Waals surface area contributed by atoms with Gasteiger partial charge in [-0.15, -0.1) is 0 Å². The Morgan fingerprint density at radius 2 is 2.00 bits per heavy atom. The molecule has 0 aliphatic heterocycles. The van der Waals surface area contributed by atoms with Crippen molar-refractivity contribution in [3.05, 3.63) is 35.4 Å². The number of nitrogens with one attached hydrogen (secondary N) is 1. The van der Waals surface area contributed by atoms with E-state index < -0.39 is 11.9 Å². The summed E-state index contributed by atoms with van der Waals surface area (Å²) in [5.41, 5.74) is 2.66. The average Bonchev–Trinajstić information content (AvgIpc) is 3.19. The van der Waals surface area contributed by atoms with Crippen molar-refractivity contribution in [1.29, 1.82) is 0 Å². The van der Waals surface area contributed by atoms with Crippen molar-refractivity contribution in [2.45, 2.75) is 52.0 Å². The van der Waals surface area contributed by atoms with Gasteiger partial charge in [-0.05, 0) is 42.7 Å². The lowest BCUT2D eigenvalue weighted by Crippen LogP contribution is -2.23. The highest BCUT2D eigenvalue weighted by Crippen LogP contribution is 2.48. The second-order valence-corrected chi connectivity index (χ2v) is 6.16. The van der Waals surface area contributed by atoms with Gasteiger partial charge in [0, 0.05) is 13.1 Å². The fourth-order valence-corrected chi connectivity index (χ4v) is 2.76. The van der Waals surface area contributed by atoms with E-state index in [2.05, 4.69) is 12.2 Å². The lowest BCUT2D eigenvalue weighted by atomic mass is 9.99. The first-order valence-corrected chi connectivity index (χ1v) is 7.59. The zero-order valence-electron chi connectivity index (χ0n) is 12.5. The van der Waals surface area contributed by atoms with Gasteiger partial charge in [-0.3, -0.25) is 4.79 Å². The van der Waals surface area contributed by atoms with Crippen LogP contribution >= 0.6 is 0 Å². The first-order valence-electron chi connectivity index (χ1n) is 7.59. The summed E-state index contributed by atoms with van der Waals surface area (Å²) in [6, 6.07) is 7.91. The lowest BCUT2D eigenvalue weighted by Gasteiger charge is -2.15. The van der Waals surface area contributed by atoms with Crippen LogP contribution in [0.2, 0.25) is 0 Å². The Hall–Kier alpha value is -1.35. The van der Waals surface area contributed by atoms with Crippen molar-refractivity contribution in [2.75, 3.05) is 6.54 Å². The zero-order valence-corrected chi connectivity index (χ0v) is 12.5. The molecule has 20 heavy (non-hydrogen) atoms. The molecule has 0 amide bonds. The van der Waals surface area contributed by atoms with E-state index in [1.54, 1.807) is 6.92 Å². The van der Waals surface area contributed by atoms with Gasteiger partial charge in [-0.25, -0.2) is 0 Å². The van der Waals surface area contributed by atoms with Crippen molar-refractivity contribution in [1.82, 2.24) is 5.32 Å². The third kappa shape index (κ3) is 3.83. The van der Waals surface area contributed by atoms with Gasteiger partial charge in [0.1, 0.15) is 0 Å². The number of hydrogen-bond acceptors (Lipinski definition) is 2. The number of hydrogen-bond donors (Lipinski definition) is 2. The molecule has 3 nitrogen and oxygen atoms in total. The Morgan fingerprint density at radius 1 is 1.35 bits per heavy atom. The van der Waals surface area contributed by atoms with Crippen LogP contribution in [0.15, 0.2) is 24.3 Å². The van der Waals surface area contributed by atoms with E-state index >= 15 is 0 Å². The summed E-state index contributed by atoms with van der Waals surface area (Å²) in [4.78, 5) is 10.9. The molecule has 1 saturated carbocycles. The first-order chi connectivity index (χ1) is 9.56. The van der Waals surface area contributed by atoms with Gasteiger partial charge in [0.2, 0.25) is 0 Å². The maximum atomic E-state index is 10.9. The van der Waals surface area contributed by atoms with E-state index in [0.29, 0.717) is 5.41 Å². The molecular weight excluding hydrogens is 250 g/mol. The molecule has 1 aromatic carbocycles. The Bertz CT molecular complexity index is 449. The topological polar surface area (TPSA) is 49.3 Å². The summed E-state index contributed by atoms with van der Waals surface area (Å²) in [5.74, 6) is -1.21. The second kappa shape index (κ2) is 6.40. The molecule has 0 spiro atoms. The highest BCUT2D eigenvalue weighted by Gasteiger charge is 2.40. The molecule has 1 aromatic rings. The summed E-state index contributed by atoms with van der Waals surface area (Å²) < 4.78 is 0. The maximum absolute atomic E-state index is 10.9. The molecule has 0 bridgehead atoms. The Labute approximate surface area is 121 Å². The molecular formula is C17H25NO2. The SMILES string of the molecule is CCCC1(CNCc2ccc(C(C)C(=O)O)cc2)CC1. The average molecular weight is 275 g/mol. The fourth-order valence-electron chi connectivity index (χ4n) is 2.76. The van der Waals surface area contributed by atoms with Crippen LogP contribution in [-0.4, -0.2) is 17.6 Å². The molecule has 1 aliphatic carbocycles. The number of aliphatic carboxylic acids is 1. The van der Waals surface area contributed by atoms with Crippen LogP contribution < -0.4 is 5.32 Å². The van der Waals surface area contributed by atoms with Crippen LogP contribution in [-0.2, 0) is 11.3 Å². The summed E-state index contributed by atoms with van der Waals surface area (Å²) in [6.07, 6.45) is 5.32. The minimum absolute atomic E-state index is 0.434. The van der Waals surface area contributed by atoms with Crippen molar-refractivity contribution in [3.63, 3.8) is 0 Å². The molecule has 1 atom stereocenters. The highest BCUT2D eigenvalue weighted by molar-refractivity contribution is 5.75. The Balaban J connectivity index is 1.81. The molecule has 0 heterocycles. The molecule has 1 fully saturated rings. The van der Waals surface area contributed by atoms with E-state index in [-0.39, 0.29) is 0 Å². The van der Waals surface area contributed by atoms with Crippen molar-refractivity contribution in [3.8, 4) is 0 Å². The maximum Gasteiger partial charge on any atom is 0.310 e. The quantitative estimate of drug-likeness (QED) is 0.763. The van der Waals surface area contributed by atoms with Gasteiger partial charge < -0.3 is 10.4 Å². The van der Waals surface area contributed by atoms with Crippen LogP contribution in [0.3, 0.4) is 0 Å². The molecule has 1 unspecified atom stereocenters. The normalized spacial score (nSPS) is 17.7. The van der Waals surface area contributed by atoms with Crippen LogP contribution in [0.4, 0.5) is 0 Å². The number of rotatable bonds is 8. The van der Waals surface area contributed by atoms with Gasteiger partial charge in [0.25, 0.3) is 0 Å². The third-order valence-corrected chi connectivity index (χ3v) is 4.42. The molecule has 0 aromatic heterocycles. The fraction of sp³-hybridized carbons (Fsp3) is 0.588. The molecule has 0 radical (unpaired) electrons. The predicted molar refractivity (Wildman–Crippen MR) is 80.8 cm³/mol. The van der Waals surface area contributed by atoms with Gasteiger partial charge in [-0.1, -0.05) is 37.6 Å². The molecule has 2 rings (SSSR count). The molecule has 3 heteroatoms. The van der Waals surface area contributed by atoms with Gasteiger partial charge in [0.05, 0.1) is 5.92 Å². The number of carboxylic acids is 1. The highest BCUT2D eigenvalue weighted by atomic mass is 16.4. The molecule has 0 saturated heterocycles. The van der Waals surface area contributed by atoms with E-state index in [0.717, 1.165) is 18.7 Å². The zero-order chi connectivity index (χ0) is 14.6. The number of benzene rings is 1. The molecule has 2 N–H and O–H groups in total. The smallest absolute Gasteiger partial charge is 0.310 e.